The molecule has 1 unspecified atom stereocenters. The SMILES string of the molecule is CC(=O)Nc1c(Cl)cc(C(C(N)=O)C2CCN(CC(C)C)CC2)c2c1OCCO2. The number of anilines is 1. The maximum absolute atomic E-state index is 12.5. The maximum Gasteiger partial charge on any atom is 0.225 e. The lowest BCUT2D eigenvalue weighted by Gasteiger charge is -2.37. The molecule has 1 fully saturated rings. The maximum atomic E-state index is 12.5. The zero-order valence-corrected chi connectivity index (χ0v) is 18.1. The van der Waals surface area contributed by atoms with Gasteiger partial charge < -0.3 is 25.4 Å². The summed E-state index contributed by atoms with van der Waals surface area (Å²) in [6, 6.07) is 1.69. The second kappa shape index (κ2) is 9.22. The molecule has 1 atom stereocenters. The molecular formula is C21H30ClN3O4. The highest BCUT2D eigenvalue weighted by Gasteiger charge is 2.36. The number of rotatable bonds is 6. The lowest BCUT2D eigenvalue weighted by Crippen LogP contribution is -2.40. The van der Waals surface area contributed by atoms with Gasteiger partial charge in [0.1, 0.15) is 18.9 Å². The molecule has 0 aliphatic carbocycles. The Balaban J connectivity index is 1.93. The van der Waals surface area contributed by atoms with Crippen LogP contribution in [0.15, 0.2) is 6.07 Å². The molecule has 0 bridgehead atoms. The van der Waals surface area contributed by atoms with Gasteiger partial charge in [0, 0.05) is 19.0 Å². The van der Waals surface area contributed by atoms with E-state index in [2.05, 4.69) is 24.1 Å². The molecular weight excluding hydrogens is 394 g/mol. The number of carbonyl (C=O) groups is 2. The molecule has 0 radical (unpaired) electrons. The number of hydrogen-bond acceptors (Lipinski definition) is 5. The monoisotopic (exact) mass is 423 g/mol. The molecule has 2 aliphatic heterocycles. The Labute approximate surface area is 176 Å². The lowest BCUT2D eigenvalue weighted by atomic mass is 9.78. The zero-order valence-electron chi connectivity index (χ0n) is 17.3. The number of hydrogen-bond donors (Lipinski definition) is 2. The van der Waals surface area contributed by atoms with Crippen LogP contribution in [0.25, 0.3) is 0 Å². The van der Waals surface area contributed by atoms with E-state index in [0.717, 1.165) is 32.5 Å². The minimum Gasteiger partial charge on any atom is -0.486 e. The van der Waals surface area contributed by atoms with Crippen LogP contribution in [0.4, 0.5) is 5.69 Å². The van der Waals surface area contributed by atoms with E-state index >= 15 is 0 Å². The summed E-state index contributed by atoms with van der Waals surface area (Å²) in [5.41, 5.74) is 6.87. The van der Waals surface area contributed by atoms with Gasteiger partial charge in [-0.15, -0.1) is 0 Å². The van der Waals surface area contributed by atoms with Crippen LogP contribution in [0.3, 0.4) is 0 Å². The van der Waals surface area contributed by atoms with E-state index in [1.165, 1.54) is 6.92 Å². The van der Waals surface area contributed by atoms with Crippen molar-refractivity contribution in [2.24, 2.45) is 17.6 Å². The highest BCUT2D eigenvalue weighted by Crippen LogP contribution is 2.49. The summed E-state index contributed by atoms with van der Waals surface area (Å²) in [4.78, 5) is 26.5. The van der Waals surface area contributed by atoms with Crippen molar-refractivity contribution in [3.05, 3.63) is 16.7 Å². The Morgan fingerprint density at radius 3 is 2.41 bits per heavy atom. The number of piperidine rings is 1. The van der Waals surface area contributed by atoms with Crippen molar-refractivity contribution in [1.29, 1.82) is 0 Å². The number of likely N-dealkylation sites (tertiary alicyclic amines) is 1. The molecule has 1 aromatic rings. The molecule has 3 rings (SSSR count). The molecule has 29 heavy (non-hydrogen) atoms. The number of carbonyl (C=O) groups excluding carboxylic acids is 2. The third kappa shape index (κ3) is 4.95. The molecule has 0 spiro atoms. The fourth-order valence-corrected chi connectivity index (χ4v) is 4.60. The van der Waals surface area contributed by atoms with Gasteiger partial charge in [0.2, 0.25) is 11.8 Å². The molecule has 2 aliphatic rings. The highest BCUT2D eigenvalue weighted by molar-refractivity contribution is 6.34. The van der Waals surface area contributed by atoms with Crippen molar-refractivity contribution < 1.29 is 19.1 Å². The number of fused-ring (bicyclic) bond motifs is 1. The van der Waals surface area contributed by atoms with Crippen molar-refractivity contribution in [3.63, 3.8) is 0 Å². The Morgan fingerprint density at radius 2 is 1.86 bits per heavy atom. The van der Waals surface area contributed by atoms with Crippen molar-refractivity contribution in [2.45, 2.75) is 39.5 Å². The largest absolute Gasteiger partial charge is 0.486 e. The van der Waals surface area contributed by atoms with Gasteiger partial charge in [-0.2, -0.15) is 0 Å². The van der Waals surface area contributed by atoms with Gasteiger partial charge in [-0.05, 0) is 43.8 Å². The second-order valence-corrected chi connectivity index (χ2v) is 8.68. The van der Waals surface area contributed by atoms with Gasteiger partial charge in [-0.3, -0.25) is 9.59 Å². The van der Waals surface area contributed by atoms with Crippen LogP contribution in [0.5, 0.6) is 11.5 Å². The van der Waals surface area contributed by atoms with Crippen molar-refractivity contribution in [3.8, 4) is 11.5 Å². The molecule has 0 aromatic heterocycles. The Kier molecular flexibility index (Phi) is 6.90. The van der Waals surface area contributed by atoms with Gasteiger partial charge >= 0.3 is 0 Å². The van der Waals surface area contributed by atoms with E-state index in [9.17, 15) is 9.59 Å². The van der Waals surface area contributed by atoms with Gasteiger partial charge in [-0.1, -0.05) is 25.4 Å². The van der Waals surface area contributed by atoms with E-state index in [-0.39, 0.29) is 11.8 Å². The topological polar surface area (TPSA) is 93.9 Å². The fraction of sp³-hybridized carbons (Fsp3) is 0.619. The molecule has 3 N–H and O–H groups in total. The summed E-state index contributed by atoms with van der Waals surface area (Å²) in [6.45, 7) is 9.44. The first-order valence-corrected chi connectivity index (χ1v) is 10.6. The number of nitrogens with two attached hydrogens (primary N) is 1. The first kappa shape index (κ1) is 21.7. The van der Waals surface area contributed by atoms with E-state index in [1.54, 1.807) is 6.07 Å². The smallest absolute Gasteiger partial charge is 0.225 e. The highest BCUT2D eigenvalue weighted by atomic mass is 35.5. The first-order valence-electron chi connectivity index (χ1n) is 10.2. The standard InChI is InChI=1S/C21H30ClN3O4/c1-12(2)11-25-6-4-14(5-7-25)17(21(23)27)15-10-16(22)18(24-13(3)26)20-19(15)28-8-9-29-20/h10,12,14,17H,4-9,11H2,1-3H3,(H2,23,27)(H,24,26). The van der Waals surface area contributed by atoms with Crippen LogP contribution in [0.1, 0.15) is 45.1 Å². The number of nitrogens with zero attached hydrogens (tertiary/aromatic N) is 1. The van der Waals surface area contributed by atoms with Crippen LogP contribution in [-0.2, 0) is 9.59 Å². The molecule has 8 heteroatoms. The van der Waals surface area contributed by atoms with Crippen LogP contribution >= 0.6 is 11.6 Å². The summed E-state index contributed by atoms with van der Waals surface area (Å²) in [5.74, 6) is 0.363. The van der Waals surface area contributed by atoms with Gasteiger partial charge in [0.25, 0.3) is 0 Å². The predicted molar refractivity (Wildman–Crippen MR) is 113 cm³/mol. The summed E-state index contributed by atoms with van der Waals surface area (Å²) in [7, 11) is 0. The number of benzene rings is 1. The molecule has 2 heterocycles. The number of nitrogens with one attached hydrogen (secondary N) is 1. The molecule has 0 saturated carbocycles. The Morgan fingerprint density at radius 1 is 1.24 bits per heavy atom. The quantitative estimate of drug-likeness (QED) is 0.733. The van der Waals surface area contributed by atoms with Gasteiger partial charge in [-0.25, -0.2) is 0 Å². The Bertz CT molecular complexity index is 776. The minimum absolute atomic E-state index is 0.105. The summed E-state index contributed by atoms with van der Waals surface area (Å²) in [6.07, 6.45) is 1.75. The lowest BCUT2D eigenvalue weighted by molar-refractivity contribution is -0.121. The van der Waals surface area contributed by atoms with E-state index in [1.807, 2.05) is 0 Å². The van der Waals surface area contributed by atoms with Gasteiger partial charge in [0.15, 0.2) is 11.5 Å². The first-order chi connectivity index (χ1) is 13.8. The second-order valence-electron chi connectivity index (χ2n) is 8.27. The molecule has 2 amide bonds. The average molecular weight is 424 g/mol. The predicted octanol–water partition coefficient (Wildman–Crippen LogP) is 3.01. The third-order valence-electron chi connectivity index (χ3n) is 5.46. The van der Waals surface area contributed by atoms with Crippen LogP contribution in [0, 0.1) is 11.8 Å². The van der Waals surface area contributed by atoms with Crippen LogP contribution in [0.2, 0.25) is 5.02 Å². The van der Waals surface area contributed by atoms with Crippen LogP contribution in [-0.4, -0.2) is 49.6 Å². The van der Waals surface area contributed by atoms with E-state index in [0.29, 0.717) is 46.9 Å². The number of primary amides is 1. The molecule has 1 saturated heterocycles. The van der Waals surface area contributed by atoms with Crippen molar-refractivity contribution in [1.82, 2.24) is 4.90 Å². The summed E-state index contributed by atoms with van der Waals surface area (Å²) >= 11 is 6.47. The fourth-order valence-electron chi connectivity index (χ4n) is 4.35. The number of halogens is 1. The molecule has 160 valence electrons. The van der Waals surface area contributed by atoms with Crippen LogP contribution < -0.4 is 20.5 Å². The van der Waals surface area contributed by atoms with E-state index in [4.69, 9.17) is 26.8 Å². The zero-order chi connectivity index (χ0) is 21.1. The average Bonchev–Trinajstić information content (AvgIpc) is 2.65. The Hall–Kier alpha value is -1.99. The van der Waals surface area contributed by atoms with E-state index < -0.39 is 11.8 Å². The summed E-state index contributed by atoms with van der Waals surface area (Å²) in [5, 5.41) is 3.01. The molecule has 1 aromatic carbocycles. The van der Waals surface area contributed by atoms with Crippen molar-refractivity contribution in [2.75, 3.05) is 38.2 Å². The number of amides is 2. The molecule has 7 nitrogen and oxygen atoms in total. The van der Waals surface area contributed by atoms with Gasteiger partial charge in [0.05, 0.1) is 10.9 Å². The van der Waals surface area contributed by atoms with Crippen molar-refractivity contribution >= 4 is 29.1 Å². The number of ether oxygens (including phenoxy) is 2. The third-order valence-corrected chi connectivity index (χ3v) is 5.76. The minimum atomic E-state index is -0.518. The normalized spacial score (nSPS) is 18.5. The summed E-state index contributed by atoms with van der Waals surface area (Å²) < 4.78 is 11.6.